The van der Waals surface area contributed by atoms with Crippen LogP contribution in [0, 0.1) is 0 Å². The lowest BCUT2D eigenvalue weighted by Gasteiger charge is -2.35. The number of aryl methyl sites for hydroxylation is 1. The SMILES string of the molecule is CCNC(=NCC(C)Oc1cccc(OC)c1)N1CCOC(c2cnn(C)c2)C1. The molecule has 29 heavy (non-hydrogen) atoms. The van der Waals surface area contributed by atoms with Gasteiger partial charge in [-0.3, -0.25) is 4.68 Å². The lowest BCUT2D eigenvalue weighted by molar-refractivity contribution is -0.00808. The molecule has 158 valence electrons. The highest BCUT2D eigenvalue weighted by atomic mass is 16.5. The molecular formula is C21H31N5O3. The van der Waals surface area contributed by atoms with E-state index in [0.29, 0.717) is 13.2 Å². The minimum Gasteiger partial charge on any atom is -0.497 e. The molecule has 1 fully saturated rings. The first-order valence-electron chi connectivity index (χ1n) is 10.0. The van der Waals surface area contributed by atoms with Crippen LogP contribution in [0.2, 0.25) is 0 Å². The molecule has 1 N–H and O–H groups in total. The van der Waals surface area contributed by atoms with Gasteiger partial charge in [0.2, 0.25) is 0 Å². The van der Waals surface area contributed by atoms with E-state index < -0.39 is 0 Å². The Morgan fingerprint density at radius 3 is 2.97 bits per heavy atom. The van der Waals surface area contributed by atoms with Gasteiger partial charge in [-0.2, -0.15) is 5.10 Å². The number of ether oxygens (including phenoxy) is 3. The molecular weight excluding hydrogens is 370 g/mol. The molecule has 1 aliphatic heterocycles. The maximum absolute atomic E-state index is 6.00. The molecule has 2 atom stereocenters. The Balaban J connectivity index is 1.62. The van der Waals surface area contributed by atoms with Gasteiger partial charge in [0.25, 0.3) is 0 Å². The summed E-state index contributed by atoms with van der Waals surface area (Å²) in [6.45, 7) is 7.64. The molecule has 2 unspecified atom stereocenters. The Morgan fingerprint density at radius 1 is 1.41 bits per heavy atom. The van der Waals surface area contributed by atoms with E-state index in [1.807, 2.05) is 50.6 Å². The van der Waals surface area contributed by atoms with Crippen molar-refractivity contribution in [2.24, 2.45) is 12.0 Å². The van der Waals surface area contributed by atoms with Crippen molar-refractivity contribution in [2.45, 2.75) is 26.1 Å². The summed E-state index contributed by atoms with van der Waals surface area (Å²) < 4.78 is 19.0. The van der Waals surface area contributed by atoms with E-state index in [9.17, 15) is 0 Å². The number of benzene rings is 1. The van der Waals surface area contributed by atoms with Crippen molar-refractivity contribution in [2.75, 3.05) is 39.9 Å². The number of aliphatic imine (C=N–C) groups is 1. The largest absolute Gasteiger partial charge is 0.497 e. The summed E-state index contributed by atoms with van der Waals surface area (Å²) in [4.78, 5) is 7.05. The van der Waals surface area contributed by atoms with Gasteiger partial charge in [0.1, 0.15) is 23.7 Å². The number of hydrogen-bond acceptors (Lipinski definition) is 5. The van der Waals surface area contributed by atoms with Gasteiger partial charge in [0.05, 0.1) is 33.0 Å². The average Bonchev–Trinajstić information content (AvgIpc) is 3.17. The van der Waals surface area contributed by atoms with Crippen molar-refractivity contribution in [3.63, 3.8) is 0 Å². The molecule has 0 aliphatic carbocycles. The molecule has 0 saturated carbocycles. The van der Waals surface area contributed by atoms with E-state index >= 15 is 0 Å². The third-order valence-corrected chi connectivity index (χ3v) is 4.67. The zero-order valence-corrected chi connectivity index (χ0v) is 17.7. The van der Waals surface area contributed by atoms with Crippen LogP contribution in [0.4, 0.5) is 0 Å². The molecule has 1 aromatic heterocycles. The van der Waals surface area contributed by atoms with Crippen LogP contribution in [0.15, 0.2) is 41.7 Å². The molecule has 0 amide bonds. The van der Waals surface area contributed by atoms with Gasteiger partial charge in [-0.1, -0.05) is 6.07 Å². The van der Waals surface area contributed by atoms with Gasteiger partial charge >= 0.3 is 0 Å². The van der Waals surface area contributed by atoms with Crippen molar-refractivity contribution in [3.05, 3.63) is 42.2 Å². The van der Waals surface area contributed by atoms with Crippen molar-refractivity contribution < 1.29 is 14.2 Å². The molecule has 0 spiro atoms. The number of morpholine rings is 1. The second-order valence-corrected chi connectivity index (χ2v) is 7.05. The Labute approximate surface area is 172 Å². The molecule has 1 aromatic carbocycles. The quantitative estimate of drug-likeness (QED) is 0.567. The first-order valence-corrected chi connectivity index (χ1v) is 10.0. The normalized spacial score (nSPS) is 18.4. The summed E-state index contributed by atoms with van der Waals surface area (Å²) in [5.74, 6) is 2.44. The summed E-state index contributed by atoms with van der Waals surface area (Å²) in [5.41, 5.74) is 1.09. The van der Waals surface area contributed by atoms with Crippen LogP contribution >= 0.6 is 0 Å². The molecule has 0 bridgehead atoms. The van der Waals surface area contributed by atoms with Crippen LogP contribution < -0.4 is 14.8 Å². The first-order chi connectivity index (χ1) is 14.1. The third kappa shape index (κ3) is 5.87. The number of nitrogens with zero attached hydrogens (tertiary/aromatic N) is 4. The third-order valence-electron chi connectivity index (χ3n) is 4.67. The molecule has 1 aliphatic rings. The molecule has 3 rings (SSSR count). The molecule has 1 saturated heterocycles. The number of methoxy groups -OCH3 is 1. The highest BCUT2D eigenvalue weighted by Crippen LogP contribution is 2.22. The van der Waals surface area contributed by atoms with Crippen LogP contribution in [0.3, 0.4) is 0 Å². The Morgan fingerprint density at radius 2 is 2.24 bits per heavy atom. The Hall–Kier alpha value is -2.74. The second kappa shape index (κ2) is 10.2. The summed E-state index contributed by atoms with van der Waals surface area (Å²) in [5, 5.41) is 7.65. The summed E-state index contributed by atoms with van der Waals surface area (Å²) >= 11 is 0. The lowest BCUT2D eigenvalue weighted by Crippen LogP contribution is -2.48. The van der Waals surface area contributed by atoms with Gasteiger partial charge in [-0.25, -0.2) is 4.99 Å². The van der Waals surface area contributed by atoms with E-state index in [2.05, 4.69) is 22.2 Å². The van der Waals surface area contributed by atoms with E-state index in [4.69, 9.17) is 19.2 Å². The molecule has 2 heterocycles. The maximum Gasteiger partial charge on any atom is 0.194 e. The van der Waals surface area contributed by atoms with Gasteiger partial charge in [-0.15, -0.1) is 0 Å². The molecule has 2 aromatic rings. The van der Waals surface area contributed by atoms with Crippen molar-refractivity contribution >= 4 is 5.96 Å². The minimum absolute atomic E-state index is 0.00763. The fourth-order valence-corrected chi connectivity index (χ4v) is 3.23. The minimum atomic E-state index is -0.0640. The zero-order chi connectivity index (χ0) is 20.6. The average molecular weight is 402 g/mol. The van der Waals surface area contributed by atoms with Crippen LogP contribution in [0.25, 0.3) is 0 Å². The van der Waals surface area contributed by atoms with Crippen LogP contribution in [0.1, 0.15) is 25.5 Å². The fraction of sp³-hybridized carbons (Fsp3) is 0.524. The van der Waals surface area contributed by atoms with E-state index in [1.54, 1.807) is 11.8 Å². The van der Waals surface area contributed by atoms with Gasteiger partial charge < -0.3 is 24.4 Å². The number of hydrogen-bond donors (Lipinski definition) is 1. The van der Waals surface area contributed by atoms with E-state index in [1.165, 1.54) is 0 Å². The molecule has 8 heteroatoms. The first kappa shape index (κ1) is 21.0. The predicted molar refractivity (Wildman–Crippen MR) is 113 cm³/mol. The van der Waals surface area contributed by atoms with Crippen LogP contribution in [-0.2, 0) is 11.8 Å². The van der Waals surface area contributed by atoms with Gasteiger partial charge in [-0.05, 0) is 26.0 Å². The number of nitrogens with one attached hydrogen (secondary N) is 1. The van der Waals surface area contributed by atoms with Gasteiger partial charge in [0.15, 0.2) is 5.96 Å². The highest BCUT2D eigenvalue weighted by Gasteiger charge is 2.25. The lowest BCUT2D eigenvalue weighted by atomic mass is 10.1. The maximum atomic E-state index is 6.00. The van der Waals surface area contributed by atoms with Crippen molar-refractivity contribution in [1.82, 2.24) is 20.0 Å². The highest BCUT2D eigenvalue weighted by molar-refractivity contribution is 5.80. The van der Waals surface area contributed by atoms with Crippen molar-refractivity contribution in [1.29, 1.82) is 0 Å². The number of aromatic nitrogens is 2. The van der Waals surface area contributed by atoms with Crippen molar-refractivity contribution in [3.8, 4) is 11.5 Å². The molecule has 0 radical (unpaired) electrons. The van der Waals surface area contributed by atoms with Crippen LogP contribution in [-0.4, -0.2) is 66.6 Å². The number of guanidine groups is 1. The summed E-state index contributed by atoms with van der Waals surface area (Å²) in [6, 6.07) is 7.62. The summed E-state index contributed by atoms with van der Waals surface area (Å²) in [7, 11) is 3.57. The molecule has 8 nitrogen and oxygen atoms in total. The summed E-state index contributed by atoms with van der Waals surface area (Å²) in [6.07, 6.45) is 3.79. The second-order valence-electron chi connectivity index (χ2n) is 7.05. The van der Waals surface area contributed by atoms with Gasteiger partial charge in [0, 0.05) is 38.0 Å². The van der Waals surface area contributed by atoms with Crippen LogP contribution in [0.5, 0.6) is 11.5 Å². The number of rotatable bonds is 7. The monoisotopic (exact) mass is 401 g/mol. The smallest absolute Gasteiger partial charge is 0.194 e. The van der Waals surface area contributed by atoms with E-state index in [-0.39, 0.29) is 12.2 Å². The fourth-order valence-electron chi connectivity index (χ4n) is 3.23. The van der Waals surface area contributed by atoms with E-state index in [0.717, 1.165) is 42.7 Å². The Bertz CT molecular complexity index is 807. The topological polar surface area (TPSA) is 73.1 Å². The predicted octanol–water partition coefficient (Wildman–Crippen LogP) is 2.23. The standard InChI is InChI=1S/C21H31N5O3/c1-5-22-21(23-12-16(2)29-19-8-6-7-18(11-19)27-4)26-9-10-28-20(15-26)17-13-24-25(3)14-17/h6-8,11,13-14,16,20H,5,9-10,12,15H2,1-4H3,(H,22,23). The zero-order valence-electron chi connectivity index (χ0n) is 17.7. The Kier molecular flexibility index (Phi) is 7.35.